The Morgan fingerprint density at radius 3 is 2.73 bits per heavy atom. The Bertz CT molecular complexity index is 1350. The highest BCUT2D eigenvalue weighted by Crippen LogP contribution is 2.35. The van der Waals surface area contributed by atoms with Crippen LogP contribution in [0.4, 0.5) is 5.82 Å². The van der Waals surface area contributed by atoms with Crippen molar-refractivity contribution in [2.75, 3.05) is 44.2 Å². The lowest BCUT2D eigenvalue weighted by molar-refractivity contribution is 0.101. The van der Waals surface area contributed by atoms with E-state index in [1.165, 1.54) is 12.8 Å². The standard InChI is InChI=1S/C28H32Cl2N6O/c1-18(23-8-7-22(29)13-24(23)30)36-28-27(25(33-36)9-6-19-4-5-19)31-14-26(32-28)35-16-21(17-35)20-3-2-10-34(15-20)11-12-37/h7-8,13-14,18-21,37H,2-5,10-12,15-17H2,1H3/t18-,20+/m1/s1. The predicted octanol–water partition coefficient (Wildman–Crippen LogP) is 4.64. The summed E-state index contributed by atoms with van der Waals surface area (Å²) in [4.78, 5) is 14.6. The van der Waals surface area contributed by atoms with Crippen LogP contribution in [-0.4, -0.2) is 69.1 Å². The lowest BCUT2D eigenvalue weighted by Crippen LogP contribution is -2.54. The molecule has 1 saturated carbocycles. The molecule has 2 aromatic heterocycles. The molecular weight excluding hydrogens is 507 g/mol. The molecule has 0 radical (unpaired) electrons. The highest BCUT2D eigenvalue weighted by Gasteiger charge is 2.36. The van der Waals surface area contributed by atoms with E-state index >= 15 is 0 Å². The third-order valence-electron chi connectivity index (χ3n) is 8.00. The summed E-state index contributed by atoms with van der Waals surface area (Å²) >= 11 is 12.7. The molecular formula is C28H32Cl2N6O. The highest BCUT2D eigenvalue weighted by atomic mass is 35.5. The first-order valence-electron chi connectivity index (χ1n) is 13.3. The molecule has 4 heterocycles. The molecule has 37 heavy (non-hydrogen) atoms. The van der Waals surface area contributed by atoms with E-state index in [0.717, 1.165) is 68.1 Å². The zero-order valence-corrected chi connectivity index (χ0v) is 22.6. The number of aliphatic hydroxyl groups excluding tert-OH is 1. The van der Waals surface area contributed by atoms with Crippen molar-refractivity contribution < 1.29 is 5.11 Å². The smallest absolute Gasteiger partial charge is 0.180 e. The van der Waals surface area contributed by atoms with Crippen molar-refractivity contribution in [1.29, 1.82) is 0 Å². The van der Waals surface area contributed by atoms with Crippen molar-refractivity contribution in [2.24, 2.45) is 17.8 Å². The largest absolute Gasteiger partial charge is 0.395 e. The number of benzene rings is 1. The minimum Gasteiger partial charge on any atom is -0.395 e. The fourth-order valence-electron chi connectivity index (χ4n) is 5.59. The van der Waals surface area contributed by atoms with E-state index in [1.54, 1.807) is 6.07 Å². The van der Waals surface area contributed by atoms with Crippen LogP contribution in [0.5, 0.6) is 0 Å². The maximum atomic E-state index is 9.32. The summed E-state index contributed by atoms with van der Waals surface area (Å²) in [5, 5.41) is 15.4. The fourth-order valence-corrected chi connectivity index (χ4v) is 6.16. The Hall–Kier alpha value is -2.37. The number of aliphatic hydroxyl groups is 1. The first-order valence-corrected chi connectivity index (χ1v) is 14.1. The van der Waals surface area contributed by atoms with E-state index in [4.69, 9.17) is 38.3 Å². The molecule has 1 N–H and O–H groups in total. The quantitative estimate of drug-likeness (QED) is 0.461. The van der Waals surface area contributed by atoms with Crippen molar-refractivity contribution in [3.05, 3.63) is 45.7 Å². The van der Waals surface area contributed by atoms with Crippen LogP contribution in [0.1, 0.15) is 49.9 Å². The van der Waals surface area contributed by atoms with Gasteiger partial charge in [-0.05, 0) is 74.6 Å². The minimum absolute atomic E-state index is 0.155. The molecule has 3 aromatic rings. The van der Waals surface area contributed by atoms with Crippen LogP contribution >= 0.6 is 23.2 Å². The third-order valence-corrected chi connectivity index (χ3v) is 8.56. The molecule has 0 spiro atoms. The molecule has 0 amide bonds. The van der Waals surface area contributed by atoms with Gasteiger partial charge >= 0.3 is 0 Å². The summed E-state index contributed by atoms with van der Waals surface area (Å²) in [6.07, 6.45) is 6.66. The van der Waals surface area contributed by atoms with Crippen LogP contribution < -0.4 is 4.90 Å². The maximum Gasteiger partial charge on any atom is 0.180 e. The molecule has 1 aliphatic carbocycles. The van der Waals surface area contributed by atoms with Gasteiger partial charge in [0.1, 0.15) is 11.3 Å². The van der Waals surface area contributed by atoms with Gasteiger partial charge in [-0.2, -0.15) is 5.10 Å². The lowest BCUT2D eigenvalue weighted by atomic mass is 9.80. The molecule has 2 saturated heterocycles. The molecule has 3 fully saturated rings. The number of halogens is 2. The summed E-state index contributed by atoms with van der Waals surface area (Å²) in [7, 11) is 0. The zero-order chi connectivity index (χ0) is 25.5. The number of rotatable bonds is 6. The maximum absolute atomic E-state index is 9.32. The second-order valence-electron chi connectivity index (χ2n) is 10.7. The van der Waals surface area contributed by atoms with E-state index < -0.39 is 0 Å². The number of aromatic nitrogens is 4. The molecule has 2 aliphatic heterocycles. The fraction of sp³-hybridized carbons (Fsp3) is 0.536. The zero-order valence-electron chi connectivity index (χ0n) is 21.1. The Morgan fingerprint density at radius 2 is 1.97 bits per heavy atom. The van der Waals surface area contributed by atoms with E-state index in [1.807, 2.05) is 23.0 Å². The van der Waals surface area contributed by atoms with Crippen molar-refractivity contribution in [3.63, 3.8) is 0 Å². The van der Waals surface area contributed by atoms with Gasteiger partial charge in [0, 0.05) is 42.1 Å². The first kappa shape index (κ1) is 24.9. The number of piperidine rings is 1. The van der Waals surface area contributed by atoms with E-state index in [2.05, 4.69) is 28.6 Å². The molecule has 3 aliphatic rings. The minimum atomic E-state index is -0.155. The van der Waals surface area contributed by atoms with Crippen LogP contribution in [0.3, 0.4) is 0 Å². The Kier molecular flexibility index (Phi) is 7.02. The topological polar surface area (TPSA) is 70.3 Å². The summed E-state index contributed by atoms with van der Waals surface area (Å²) in [5.41, 5.74) is 3.06. The Labute approximate surface area is 227 Å². The summed E-state index contributed by atoms with van der Waals surface area (Å²) in [6.45, 7) is 7.23. The highest BCUT2D eigenvalue weighted by molar-refractivity contribution is 6.35. The van der Waals surface area contributed by atoms with Gasteiger partial charge in [-0.1, -0.05) is 35.2 Å². The third kappa shape index (κ3) is 5.18. The second kappa shape index (κ2) is 10.4. The molecule has 0 unspecified atom stereocenters. The van der Waals surface area contributed by atoms with Crippen LogP contribution in [-0.2, 0) is 0 Å². The summed E-state index contributed by atoms with van der Waals surface area (Å²) < 4.78 is 1.91. The lowest BCUT2D eigenvalue weighted by Gasteiger charge is -2.47. The van der Waals surface area contributed by atoms with Crippen molar-refractivity contribution in [1.82, 2.24) is 24.6 Å². The first-order chi connectivity index (χ1) is 18.0. The summed E-state index contributed by atoms with van der Waals surface area (Å²) in [6, 6.07) is 5.40. The van der Waals surface area contributed by atoms with Gasteiger partial charge in [0.25, 0.3) is 0 Å². The van der Waals surface area contributed by atoms with Crippen molar-refractivity contribution in [3.8, 4) is 11.8 Å². The van der Waals surface area contributed by atoms with Gasteiger partial charge in [-0.3, -0.25) is 0 Å². The van der Waals surface area contributed by atoms with Crippen LogP contribution in [0, 0.1) is 29.6 Å². The number of anilines is 1. The Morgan fingerprint density at radius 1 is 1.14 bits per heavy atom. The second-order valence-corrected chi connectivity index (χ2v) is 11.5. The van der Waals surface area contributed by atoms with Crippen LogP contribution in [0.15, 0.2) is 24.4 Å². The molecule has 7 nitrogen and oxygen atoms in total. The molecule has 2 atom stereocenters. The van der Waals surface area contributed by atoms with E-state index in [0.29, 0.717) is 33.5 Å². The van der Waals surface area contributed by atoms with E-state index in [9.17, 15) is 5.11 Å². The predicted molar refractivity (Wildman–Crippen MR) is 147 cm³/mol. The average molecular weight is 540 g/mol. The SMILES string of the molecule is C[C@H](c1ccc(Cl)cc1Cl)n1nc(C#CC2CC2)c2ncc(N3CC([C@H]4CCCN(CCO)C4)C3)nc21. The van der Waals surface area contributed by atoms with Crippen molar-refractivity contribution >= 4 is 40.2 Å². The van der Waals surface area contributed by atoms with E-state index in [-0.39, 0.29) is 12.6 Å². The number of fused-ring (bicyclic) bond motifs is 1. The van der Waals surface area contributed by atoms with Crippen LogP contribution in [0.2, 0.25) is 10.0 Å². The normalized spacial score (nSPS) is 21.5. The van der Waals surface area contributed by atoms with Gasteiger partial charge in [0.2, 0.25) is 0 Å². The van der Waals surface area contributed by atoms with Gasteiger partial charge in [0.05, 0.1) is 18.8 Å². The van der Waals surface area contributed by atoms with Crippen LogP contribution in [0.25, 0.3) is 11.2 Å². The molecule has 6 rings (SSSR count). The molecule has 9 heteroatoms. The average Bonchev–Trinajstić information content (AvgIpc) is 3.62. The van der Waals surface area contributed by atoms with Gasteiger partial charge in [-0.25, -0.2) is 14.6 Å². The summed E-state index contributed by atoms with van der Waals surface area (Å²) in [5.74, 6) is 9.27. The number of likely N-dealkylation sites (tertiary alicyclic amines) is 1. The molecule has 1 aromatic carbocycles. The van der Waals surface area contributed by atoms with Gasteiger partial charge in [0.15, 0.2) is 11.3 Å². The van der Waals surface area contributed by atoms with Crippen molar-refractivity contribution in [2.45, 2.75) is 38.6 Å². The Balaban J connectivity index is 1.27. The number of hydrogen-bond donors (Lipinski definition) is 1. The monoisotopic (exact) mass is 538 g/mol. The number of nitrogens with zero attached hydrogens (tertiary/aromatic N) is 6. The number of hydrogen-bond acceptors (Lipinski definition) is 6. The van der Waals surface area contributed by atoms with Gasteiger partial charge < -0.3 is 14.9 Å². The molecule has 194 valence electrons. The number of β-amino-alcohol motifs (C(OH)–C–C–N with tert-alkyl or cyclic N) is 1. The van der Waals surface area contributed by atoms with Gasteiger partial charge in [-0.15, -0.1) is 0 Å². The molecule has 0 bridgehead atoms.